The maximum absolute atomic E-state index is 12.5. The number of carbonyl (C=O) groups is 1. The zero-order valence-corrected chi connectivity index (χ0v) is 9.41. The van der Waals surface area contributed by atoms with E-state index in [0.717, 1.165) is 0 Å². The van der Waals surface area contributed by atoms with E-state index in [0.29, 0.717) is 12.1 Å². The third-order valence-corrected chi connectivity index (χ3v) is 2.09. The Bertz CT molecular complexity index is 524. The van der Waals surface area contributed by atoms with Crippen LogP contribution in [0.2, 0.25) is 0 Å². The number of ketones is 1. The number of benzene rings is 1. The van der Waals surface area contributed by atoms with Crippen molar-refractivity contribution >= 4 is 5.78 Å². The third kappa shape index (κ3) is 3.74. The Morgan fingerprint density at radius 1 is 0.947 bits per heavy atom. The van der Waals surface area contributed by atoms with E-state index in [1.54, 1.807) is 0 Å². The Morgan fingerprint density at radius 2 is 1.37 bits per heavy atom. The predicted octanol–water partition coefficient (Wildman–Crippen LogP) is 3.93. The summed E-state index contributed by atoms with van der Waals surface area (Å²) < 4.78 is 74.8. The lowest BCUT2D eigenvalue weighted by Gasteiger charge is -2.12. The molecule has 0 spiro atoms. The van der Waals surface area contributed by atoms with Crippen molar-refractivity contribution in [2.24, 2.45) is 0 Å². The van der Waals surface area contributed by atoms with Crippen LogP contribution in [0.15, 0.2) is 18.2 Å². The highest BCUT2D eigenvalue weighted by Crippen LogP contribution is 2.36. The molecule has 0 heterocycles. The van der Waals surface area contributed by atoms with Crippen molar-refractivity contribution in [1.82, 2.24) is 0 Å². The first-order valence-electron chi connectivity index (χ1n) is 4.82. The molecule has 0 saturated heterocycles. The molecule has 7 heteroatoms. The van der Waals surface area contributed by atoms with Gasteiger partial charge in [0.2, 0.25) is 5.78 Å². The molecule has 1 aromatic carbocycles. The van der Waals surface area contributed by atoms with Gasteiger partial charge in [0, 0.05) is 5.56 Å². The van der Waals surface area contributed by atoms with Crippen LogP contribution in [0, 0.1) is 11.8 Å². The lowest BCUT2D eigenvalue weighted by atomic mass is 10.0. The van der Waals surface area contributed by atoms with Gasteiger partial charge in [-0.25, -0.2) is 0 Å². The Kier molecular flexibility index (Phi) is 3.94. The van der Waals surface area contributed by atoms with Gasteiger partial charge in [0.15, 0.2) is 0 Å². The van der Waals surface area contributed by atoms with Gasteiger partial charge in [-0.15, -0.1) is 0 Å². The van der Waals surface area contributed by atoms with E-state index in [4.69, 9.17) is 0 Å². The summed E-state index contributed by atoms with van der Waals surface area (Å²) in [6.07, 6.45) is -9.95. The van der Waals surface area contributed by atoms with Gasteiger partial charge in [-0.2, -0.15) is 26.3 Å². The monoisotopic (exact) mass is 280 g/mol. The molecule has 0 radical (unpaired) electrons. The van der Waals surface area contributed by atoms with Crippen molar-refractivity contribution in [2.75, 3.05) is 0 Å². The van der Waals surface area contributed by atoms with Crippen LogP contribution >= 0.6 is 0 Å². The first-order chi connectivity index (χ1) is 8.55. The summed E-state index contributed by atoms with van der Waals surface area (Å²) in [6.45, 7) is 1.25. The Balaban J connectivity index is 3.48. The van der Waals surface area contributed by atoms with Crippen molar-refractivity contribution < 1.29 is 31.1 Å². The Hall–Kier alpha value is -1.97. The van der Waals surface area contributed by atoms with E-state index >= 15 is 0 Å². The Morgan fingerprint density at radius 3 is 1.68 bits per heavy atom. The molecule has 0 fully saturated rings. The molecule has 0 bridgehead atoms. The van der Waals surface area contributed by atoms with Crippen molar-refractivity contribution in [3.8, 4) is 11.8 Å². The average molecular weight is 280 g/mol. The van der Waals surface area contributed by atoms with Crippen LogP contribution in [0.25, 0.3) is 0 Å². The minimum absolute atomic E-state index is 0.0455. The fourth-order valence-corrected chi connectivity index (χ4v) is 1.27. The summed E-state index contributed by atoms with van der Waals surface area (Å²) in [5.41, 5.74) is -3.82. The SMILES string of the molecule is CC#CC(=O)c1cc(C(F)(F)F)cc(C(F)(F)F)c1. The van der Waals surface area contributed by atoms with Crippen LogP contribution in [-0.2, 0) is 12.4 Å². The van der Waals surface area contributed by atoms with Gasteiger partial charge in [-0.3, -0.25) is 4.79 Å². The predicted molar refractivity (Wildman–Crippen MR) is 54.2 cm³/mol. The maximum Gasteiger partial charge on any atom is 0.416 e. The molecule has 102 valence electrons. The van der Waals surface area contributed by atoms with Gasteiger partial charge in [0.25, 0.3) is 0 Å². The fourth-order valence-electron chi connectivity index (χ4n) is 1.27. The van der Waals surface area contributed by atoms with Crippen molar-refractivity contribution in [3.05, 3.63) is 34.9 Å². The van der Waals surface area contributed by atoms with Crippen LogP contribution in [0.3, 0.4) is 0 Å². The van der Waals surface area contributed by atoms with Gasteiger partial charge in [-0.1, -0.05) is 5.92 Å². The second kappa shape index (κ2) is 4.96. The summed E-state index contributed by atoms with van der Waals surface area (Å²) >= 11 is 0. The summed E-state index contributed by atoms with van der Waals surface area (Å²) in [7, 11) is 0. The summed E-state index contributed by atoms with van der Waals surface area (Å²) in [5.74, 6) is 2.92. The van der Waals surface area contributed by atoms with Gasteiger partial charge in [0.05, 0.1) is 11.1 Å². The van der Waals surface area contributed by atoms with Crippen LogP contribution in [-0.4, -0.2) is 5.78 Å². The molecule has 0 saturated carbocycles. The largest absolute Gasteiger partial charge is 0.416 e. The second-order valence-corrected chi connectivity index (χ2v) is 3.50. The van der Waals surface area contributed by atoms with Crippen LogP contribution in [0.4, 0.5) is 26.3 Å². The standard InChI is InChI=1S/C12H6F6O/c1-2-3-10(19)7-4-8(11(13,14)15)6-9(5-7)12(16,17)18/h4-6H,1H3. The molecule has 1 aromatic rings. The fraction of sp³-hybridized carbons (Fsp3) is 0.250. The van der Waals surface area contributed by atoms with E-state index in [1.165, 1.54) is 6.92 Å². The van der Waals surface area contributed by atoms with Gasteiger partial charge >= 0.3 is 12.4 Å². The van der Waals surface area contributed by atoms with E-state index in [9.17, 15) is 31.1 Å². The number of alkyl halides is 6. The van der Waals surface area contributed by atoms with E-state index in [2.05, 4.69) is 5.92 Å². The second-order valence-electron chi connectivity index (χ2n) is 3.50. The van der Waals surface area contributed by atoms with Gasteiger partial charge in [0.1, 0.15) is 0 Å². The normalized spacial score (nSPS) is 11.7. The highest BCUT2D eigenvalue weighted by molar-refractivity contribution is 6.09. The molecule has 0 amide bonds. The molecule has 0 aromatic heterocycles. The molecular weight excluding hydrogens is 274 g/mol. The van der Waals surface area contributed by atoms with Crippen LogP contribution in [0.1, 0.15) is 28.4 Å². The molecule has 1 rings (SSSR count). The minimum Gasteiger partial charge on any atom is -0.279 e. The summed E-state index contributed by atoms with van der Waals surface area (Å²) in [5, 5.41) is 0. The Labute approximate surface area is 104 Å². The zero-order valence-electron chi connectivity index (χ0n) is 9.41. The number of Topliss-reactive ketones (excluding diaryl/α,β-unsaturated/α-hetero) is 1. The smallest absolute Gasteiger partial charge is 0.279 e. The lowest BCUT2D eigenvalue weighted by molar-refractivity contribution is -0.143. The highest BCUT2D eigenvalue weighted by Gasteiger charge is 2.37. The zero-order chi connectivity index (χ0) is 14.8. The lowest BCUT2D eigenvalue weighted by Crippen LogP contribution is -2.13. The van der Waals surface area contributed by atoms with E-state index in [-0.39, 0.29) is 6.07 Å². The molecule has 1 nitrogen and oxygen atoms in total. The average Bonchev–Trinajstić information content (AvgIpc) is 2.26. The van der Waals surface area contributed by atoms with E-state index in [1.807, 2.05) is 5.92 Å². The first-order valence-corrected chi connectivity index (χ1v) is 4.82. The van der Waals surface area contributed by atoms with Crippen molar-refractivity contribution in [2.45, 2.75) is 19.3 Å². The summed E-state index contributed by atoms with van der Waals surface area (Å²) in [4.78, 5) is 11.3. The molecular formula is C12H6F6O. The molecule has 0 aliphatic rings. The van der Waals surface area contributed by atoms with Gasteiger partial charge in [-0.05, 0) is 31.0 Å². The van der Waals surface area contributed by atoms with Crippen molar-refractivity contribution in [3.63, 3.8) is 0 Å². The minimum atomic E-state index is -4.98. The van der Waals surface area contributed by atoms with Crippen LogP contribution < -0.4 is 0 Å². The van der Waals surface area contributed by atoms with E-state index < -0.39 is 34.8 Å². The highest BCUT2D eigenvalue weighted by atomic mass is 19.4. The molecule has 0 aliphatic heterocycles. The molecule has 0 aliphatic carbocycles. The number of halogens is 6. The molecule has 0 unspecified atom stereocenters. The molecule has 19 heavy (non-hydrogen) atoms. The van der Waals surface area contributed by atoms with Crippen LogP contribution in [0.5, 0.6) is 0 Å². The topological polar surface area (TPSA) is 17.1 Å². The first kappa shape index (κ1) is 15.1. The number of hydrogen-bond acceptors (Lipinski definition) is 1. The summed E-state index contributed by atoms with van der Waals surface area (Å²) in [6, 6.07) is 0.653. The number of rotatable bonds is 1. The number of carbonyl (C=O) groups excluding carboxylic acids is 1. The number of hydrogen-bond donors (Lipinski definition) is 0. The third-order valence-electron chi connectivity index (χ3n) is 2.09. The molecule has 0 atom stereocenters. The van der Waals surface area contributed by atoms with Gasteiger partial charge < -0.3 is 0 Å². The maximum atomic E-state index is 12.5. The molecule has 0 N–H and O–H groups in total. The quantitative estimate of drug-likeness (QED) is 0.330. The van der Waals surface area contributed by atoms with Crippen molar-refractivity contribution in [1.29, 1.82) is 0 Å².